The van der Waals surface area contributed by atoms with Crippen LogP contribution in [0.15, 0.2) is 82.7 Å². The summed E-state index contributed by atoms with van der Waals surface area (Å²) in [6.07, 6.45) is 0.675. The van der Waals surface area contributed by atoms with E-state index >= 15 is 0 Å². The summed E-state index contributed by atoms with van der Waals surface area (Å²) in [5.41, 5.74) is 2.78. The Bertz CT molecular complexity index is 1600. The number of aromatic nitrogens is 2. The van der Waals surface area contributed by atoms with Crippen molar-refractivity contribution in [3.63, 3.8) is 0 Å². The number of fused-ring (bicyclic) bond motifs is 1. The van der Waals surface area contributed by atoms with Gasteiger partial charge in [0.25, 0.3) is 5.78 Å². The first kappa shape index (κ1) is 25.3. The van der Waals surface area contributed by atoms with Gasteiger partial charge in [0.15, 0.2) is 4.34 Å². The quantitative estimate of drug-likeness (QED) is 0.103. The van der Waals surface area contributed by atoms with Gasteiger partial charge in [0.1, 0.15) is 23.4 Å². The lowest BCUT2D eigenvalue weighted by Crippen LogP contribution is -2.29. The highest BCUT2D eigenvalue weighted by atomic mass is 32.2. The van der Waals surface area contributed by atoms with Crippen LogP contribution in [0.5, 0.6) is 5.75 Å². The van der Waals surface area contributed by atoms with E-state index in [-0.39, 0.29) is 22.6 Å². The molecule has 0 spiro atoms. The average molecular weight is 560 g/mol. The van der Waals surface area contributed by atoms with Crippen LogP contribution in [0.1, 0.15) is 35.2 Å². The van der Waals surface area contributed by atoms with Crippen molar-refractivity contribution in [3.05, 3.63) is 106 Å². The van der Waals surface area contributed by atoms with Gasteiger partial charge in [-0.2, -0.15) is 0 Å². The fraction of sp³-hybridized carbons (Fsp3) is 0.172. The molecule has 0 aliphatic carbocycles. The molecular weight excluding hydrogens is 537 g/mol. The predicted molar refractivity (Wildman–Crippen MR) is 147 cm³/mol. The Balaban J connectivity index is 1.39. The number of nitrogens with zero attached hydrogens (tertiary/aromatic N) is 3. The summed E-state index contributed by atoms with van der Waals surface area (Å²) in [7, 11) is 0. The van der Waals surface area contributed by atoms with E-state index < -0.39 is 23.5 Å². The molecule has 1 saturated heterocycles. The van der Waals surface area contributed by atoms with Gasteiger partial charge in [0.05, 0.1) is 11.6 Å². The highest BCUT2D eigenvalue weighted by Gasteiger charge is 2.48. The molecule has 2 unspecified atom stereocenters. The van der Waals surface area contributed by atoms with E-state index in [2.05, 4.69) is 10.2 Å². The van der Waals surface area contributed by atoms with Crippen LogP contribution in [-0.2, 0) is 21.8 Å². The number of benzene rings is 3. The number of aliphatic hydroxyl groups excluding tert-OH is 1. The van der Waals surface area contributed by atoms with Crippen molar-refractivity contribution in [2.45, 2.75) is 35.6 Å². The van der Waals surface area contributed by atoms with Gasteiger partial charge in [-0.25, -0.2) is 4.39 Å². The summed E-state index contributed by atoms with van der Waals surface area (Å²) >= 11 is 2.65. The summed E-state index contributed by atoms with van der Waals surface area (Å²) in [6, 6.07) is 19.5. The number of hydrogen-bond acceptors (Lipinski definition) is 8. The zero-order valence-corrected chi connectivity index (χ0v) is 22.3. The van der Waals surface area contributed by atoms with Crippen molar-refractivity contribution in [2.75, 3.05) is 4.90 Å². The zero-order valence-electron chi connectivity index (χ0n) is 20.7. The predicted octanol–water partition coefficient (Wildman–Crippen LogP) is 5.92. The minimum absolute atomic E-state index is 0.00792. The van der Waals surface area contributed by atoms with Crippen molar-refractivity contribution in [1.29, 1.82) is 0 Å². The van der Waals surface area contributed by atoms with Crippen LogP contribution >= 0.6 is 23.1 Å². The van der Waals surface area contributed by atoms with Gasteiger partial charge in [-0.15, -0.1) is 10.2 Å². The number of Topliss-reactive ketones (excluding diaryl/α,β-unsaturated/α-hetero) is 1. The van der Waals surface area contributed by atoms with E-state index in [9.17, 15) is 19.1 Å². The number of carbonyl (C=O) groups is 2. The van der Waals surface area contributed by atoms with Crippen molar-refractivity contribution < 1.29 is 23.8 Å². The molecule has 39 heavy (non-hydrogen) atoms. The molecule has 1 N–H and O–H groups in total. The third kappa shape index (κ3) is 4.81. The number of ether oxygens (including phenoxy) is 1. The van der Waals surface area contributed by atoms with Gasteiger partial charge in [-0.1, -0.05) is 65.6 Å². The number of thioether (sulfide) groups is 1. The lowest BCUT2D eigenvalue weighted by molar-refractivity contribution is -0.132. The largest absolute Gasteiger partial charge is 0.507 e. The van der Waals surface area contributed by atoms with Crippen LogP contribution in [-0.4, -0.2) is 33.1 Å². The second-order valence-electron chi connectivity index (χ2n) is 9.30. The van der Waals surface area contributed by atoms with E-state index in [1.54, 1.807) is 18.2 Å². The maximum atomic E-state index is 13.8. The van der Waals surface area contributed by atoms with Gasteiger partial charge in [-0.05, 0) is 53.9 Å². The molecule has 1 fully saturated rings. The van der Waals surface area contributed by atoms with Crippen LogP contribution in [0, 0.1) is 5.82 Å². The smallest absolute Gasteiger partial charge is 0.301 e. The molecule has 0 bridgehead atoms. The number of carbonyl (C=O) groups excluding carboxylic acids is 2. The van der Waals surface area contributed by atoms with Gasteiger partial charge in [0.2, 0.25) is 5.13 Å². The van der Waals surface area contributed by atoms with E-state index in [0.29, 0.717) is 27.6 Å². The molecular formula is C29H22FN3O4S2. The summed E-state index contributed by atoms with van der Waals surface area (Å²) in [5.74, 6) is -1.06. The number of amides is 1. The third-order valence-electron chi connectivity index (χ3n) is 6.61. The van der Waals surface area contributed by atoms with Gasteiger partial charge in [-0.3, -0.25) is 14.5 Å². The number of rotatable bonds is 6. The number of hydrogen-bond donors (Lipinski definition) is 1. The first-order valence-electron chi connectivity index (χ1n) is 12.3. The average Bonchev–Trinajstić information content (AvgIpc) is 3.63. The van der Waals surface area contributed by atoms with Crippen molar-refractivity contribution in [3.8, 4) is 5.75 Å². The second kappa shape index (κ2) is 10.3. The number of halogens is 1. The molecule has 0 saturated carbocycles. The minimum Gasteiger partial charge on any atom is -0.507 e. The Morgan fingerprint density at radius 3 is 2.64 bits per heavy atom. The van der Waals surface area contributed by atoms with E-state index in [4.69, 9.17) is 4.74 Å². The number of ketones is 1. The summed E-state index contributed by atoms with van der Waals surface area (Å²) in [6.45, 7) is 1.95. The molecule has 1 amide bonds. The van der Waals surface area contributed by atoms with Crippen molar-refractivity contribution >= 4 is 45.7 Å². The molecule has 1 aromatic heterocycles. The SMILES string of the molecule is CC1Cc2cc(/C(O)=C3\C(=O)C(=O)N(c4nnc(SCc5ccccc5)s4)C3c3ccc(F)cc3)ccc2O1. The monoisotopic (exact) mass is 559 g/mol. The molecule has 6 rings (SSSR count). The first-order chi connectivity index (χ1) is 18.9. The van der Waals surface area contributed by atoms with Crippen LogP contribution in [0.2, 0.25) is 0 Å². The zero-order chi connectivity index (χ0) is 27.1. The maximum absolute atomic E-state index is 13.8. The van der Waals surface area contributed by atoms with Gasteiger partial charge in [0, 0.05) is 17.7 Å². The fourth-order valence-electron chi connectivity index (χ4n) is 4.79. The lowest BCUT2D eigenvalue weighted by Gasteiger charge is -2.22. The summed E-state index contributed by atoms with van der Waals surface area (Å²) < 4.78 is 20.2. The normalized spacial score (nSPS) is 19.8. The van der Waals surface area contributed by atoms with Crippen LogP contribution in [0.4, 0.5) is 9.52 Å². The Morgan fingerprint density at radius 1 is 1.10 bits per heavy atom. The Morgan fingerprint density at radius 2 is 1.87 bits per heavy atom. The highest BCUT2D eigenvalue weighted by Crippen LogP contribution is 2.44. The van der Waals surface area contributed by atoms with E-state index in [1.165, 1.54) is 52.3 Å². The standard InChI is InChI=1S/C29H22FN3O4S2/c1-16-13-20-14-19(9-12-22(20)37-16)25(34)23-24(18-7-10-21(30)11-8-18)33(27(36)26(23)35)28-31-32-29(39-28)38-15-17-5-3-2-4-6-17/h2-12,14,16,24,34H,13,15H2,1H3/b25-23+. The molecule has 10 heteroatoms. The molecule has 0 radical (unpaired) electrons. The maximum Gasteiger partial charge on any atom is 0.301 e. The molecule has 4 aromatic rings. The Labute approximate surface area is 232 Å². The number of anilines is 1. The van der Waals surface area contributed by atoms with Crippen LogP contribution in [0.3, 0.4) is 0 Å². The third-order valence-corrected chi connectivity index (χ3v) is 8.73. The van der Waals surface area contributed by atoms with E-state index in [1.807, 2.05) is 37.3 Å². The molecule has 2 aliphatic heterocycles. The molecule has 3 heterocycles. The summed E-state index contributed by atoms with van der Waals surface area (Å²) in [4.78, 5) is 28.0. The molecule has 7 nitrogen and oxygen atoms in total. The van der Waals surface area contributed by atoms with Gasteiger partial charge >= 0.3 is 5.91 Å². The Kier molecular flexibility index (Phi) is 6.66. The minimum atomic E-state index is -1.01. The van der Waals surface area contributed by atoms with Gasteiger partial charge < -0.3 is 9.84 Å². The van der Waals surface area contributed by atoms with Crippen molar-refractivity contribution in [2.24, 2.45) is 0 Å². The molecule has 3 aromatic carbocycles. The topological polar surface area (TPSA) is 92.6 Å². The van der Waals surface area contributed by atoms with Crippen LogP contribution in [0.25, 0.3) is 5.76 Å². The molecule has 2 atom stereocenters. The van der Waals surface area contributed by atoms with E-state index in [0.717, 1.165) is 16.9 Å². The molecule has 2 aliphatic rings. The highest BCUT2D eigenvalue weighted by molar-refractivity contribution is 8.00. The Hall–Kier alpha value is -4.02. The summed E-state index contributed by atoms with van der Waals surface area (Å²) in [5, 5.41) is 20.1. The second-order valence-corrected chi connectivity index (χ2v) is 11.5. The fourth-order valence-corrected chi connectivity index (χ4v) is 6.62. The van der Waals surface area contributed by atoms with Crippen molar-refractivity contribution in [1.82, 2.24) is 10.2 Å². The van der Waals surface area contributed by atoms with Crippen LogP contribution < -0.4 is 9.64 Å². The molecule has 196 valence electrons. The lowest BCUT2D eigenvalue weighted by atomic mass is 9.94. The number of aliphatic hydroxyl groups is 1. The first-order valence-corrected chi connectivity index (χ1v) is 14.1.